The zero-order valence-corrected chi connectivity index (χ0v) is 13.8. The van der Waals surface area contributed by atoms with Crippen LogP contribution in [0, 0.1) is 0 Å². The number of benzene rings is 1. The van der Waals surface area contributed by atoms with Crippen molar-refractivity contribution in [1.82, 2.24) is 4.90 Å². The normalized spacial score (nSPS) is 21.5. The van der Waals surface area contributed by atoms with E-state index >= 15 is 0 Å². The monoisotopic (exact) mass is 308 g/mol. The molecule has 1 saturated carbocycles. The number of likely N-dealkylation sites (N-methyl/N-ethyl adjacent to an activating group) is 1. The first-order valence-electron chi connectivity index (χ1n) is 7.29. The van der Waals surface area contributed by atoms with E-state index in [1.807, 2.05) is 43.1 Å². The van der Waals surface area contributed by atoms with Crippen LogP contribution in [0.3, 0.4) is 0 Å². The lowest BCUT2D eigenvalue weighted by molar-refractivity contribution is -0.117. The van der Waals surface area contributed by atoms with Gasteiger partial charge in [-0.15, -0.1) is 0 Å². The Morgan fingerprint density at radius 3 is 2.67 bits per heavy atom. The van der Waals surface area contributed by atoms with Gasteiger partial charge in [-0.3, -0.25) is 9.69 Å². The summed E-state index contributed by atoms with van der Waals surface area (Å²) in [6, 6.07) is 7.94. The summed E-state index contributed by atoms with van der Waals surface area (Å²) in [5.41, 5.74) is 0.808. The van der Waals surface area contributed by atoms with Crippen LogP contribution in [0.15, 0.2) is 24.3 Å². The summed E-state index contributed by atoms with van der Waals surface area (Å²) in [6.45, 7) is 0.442. The average Bonchev–Trinajstić information content (AvgIpc) is 2.97. The highest BCUT2D eigenvalue weighted by atomic mass is 32.2. The zero-order chi connectivity index (χ0) is 15.2. The summed E-state index contributed by atoms with van der Waals surface area (Å²) >= 11 is 1.94. The predicted molar refractivity (Wildman–Crippen MR) is 89.2 cm³/mol. The molecule has 0 aromatic heterocycles. The van der Waals surface area contributed by atoms with Gasteiger partial charge in [0.25, 0.3) is 0 Å². The molecule has 1 N–H and O–H groups in total. The molecule has 0 unspecified atom stereocenters. The summed E-state index contributed by atoms with van der Waals surface area (Å²) in [5.74, 6) is 0.828. The number of nitrogens with zero attached hydrogens (tertiary/aromatic N) is 1. The highest BCUT2D eigenvalue weighted by Crippen LogP contribution is 2.30. The van der Waals surface area contributed by atoms with Gasteiger partial charge in [0.2, 0.25) is 5.91 Å². The molecule has 1 aliphatic rings. The molecule has 21 heavy (non-hydrogen) atoms. The Kier molecular flexibility index (Phi) is 5.94. The highest BCUT2D eigenvalue weighted by molar-refractivity contribution is 7.99. The lowest BCUT2D eigenvalue weighted by Gasteiger charge is -2.23. The van der Waals surface area contributed by atoms with E-state index < -0.39 is 0 Å². The fourth-order valence-corrected chi connectivity index (χ4v) is 3.55. The van der Waals surface area contributed by atoms with Crippen molar-refractivity contribution < 1.29 is 9.53 Å². The summed E-state index contributed by atoms with van der Waals surface area (Å²) < 4.78 is 5.10. The Balaban J connectivity index is 1.80. The van der Waals surface area contributed by atoms with Crippen molar-refractivity contribution in [2.45, 2.75) is 30.6 Å². The van der Waals surface area contributed by atoms with Gasteiger partial charge < -0.3 is 10.1 Å². The number of hydrogen-bond donors (Lipinski definition) is 1. The van der Waals surface area contributed by atoms with Crippen LogP contribution in [0.5, 0.6) is 5.75 Å². The first-order chi connectivity index (χ1) is 10.1. The Bertz CT molecular complexity index is 464. The second-order valence-corrected chi connectivity index (χ2v) is 6.65. The number of amides is 1. The minimum absolute atomic E-state index is 0.0373. The fraction of sp³-hybridized carbons (Fsp3) is 0.562. The predicted octanol–water partition coefficient (Wildman–Crippen LogP) is 2.85. The fourth-order valence-electron chi connectivity index (χ4n) is 2.76. The van der Waals surface area contributed by atoms with Crippen molar-refractivity contribution in [2.75, 3.05) is 32.3 Å². The topological polar surface area (TPSA) is 41.6 Å². The van der Waals surface area contributed by atoms with E-state index in [2.05, 4.69) is 16.5 Å². The quantitative estimate of drug-likeness (QED) is 0.877. The van der Waals surface area contributed by atoms with Crippen molar-refractivity contribution in [3.63, 3.8) is 0 Å². The maximum Gasteiger partial charge on any atom is 0.238 e. The molecule has 0 heterocycles. The molecule has 2 atom stereocenters. The van der Waals surface area contributed by atoms with Gasteiger partial charge in [-0.1, -0.05) is 0 Å². The molecule has 1 fully saturated rings. The van der Waals surface area contributed by atoms with Gasteiger partial charge in [0.15, 0.2) is 0 Å². The number of methoxy groups -OCH3 is 1. The van der Waals surface area contributed by atoms with Crippen LogP contribution in [0.2, 0.25) is 0 Å². The lowest BCUT2D eigenvalue weighted by atomic mass is 10.2. The zero-order valence-electron chi connectivity index (χ0n) is 13.0. The summed E-state index contributed by atoms with van der Waals surface area (Å²) in [7, 11) is 3.67. The molecule has 2 rings (SSSR count). The van der Waals surface area contributed by atoms with E-state index in [0.717, 1.165) is 16.7 Å². The molecule has 0 aliphatic heterocycles. The van der Waals surface area contributed by atoms with Crippen LogP contribution in [0.1, 0.15) is 19.3 Å². The Morgan fingerprint density at radius 2 is 2.10 bits per heavy atom. The molecular formula is C16H24N2O2S. The minimum atomic E-state index is 0.0373. The summed E-state index contributed by atoms with van der Waals surface area (Å²) in [4.78, 5) is 14.3. The summed E-state index contributed by atoms with van der Waals surface area (Å²) in [5, 5.41) is 3.68. The van der Waals surface area contributed by atoms with Gasteiger partial charge >= 0.3 is 0 Å². The number of hydrogen-bond acceptors (Lipinski definition) is 4. The first-order valence-corrected chi connectivity index (χ1v) is 8.58. The molecule has 0 radical (unpaired) electrons. The lowest BCUT2D eigenvalue weighted by Crippen LogP contribution is -2.36. The van der Waals surface area contributed by atoms with Gasteiger partial charge in [-0.05, 0) is 56.8 Å². The van der Waals surface area contributed by atoms with Crippen LogP contribution in [0.25, 0.3) is 0 Å². The van der Waals surface area contributed by atoms with E-state index in [9.17, 15) is 4.79 Å². The van der Waals surface area contributed by atoms with E-state index in [4.69, 9.17) is 4.74 Å². The SMILES string of the molecule is COc1ccc(NC(=O)CN(C)[C@@H]2CC[C@@H](SC)C2)cc1. The molecular weight excluding hydrogens is 284 g/mol. The number of thioether (sulfide) groups is 1. The summed E-state index contributed by atoms with van der Waals surface area (Å²) in [6.07, 6.45) is 5.81. The van der Waals surface area contributed by atoms with Crippen LogP contribution in [0.4, 0.5) is 5.69 Å². The maximum atomic E-state index is 12.1. The Morgan fingerprint density at radius 1 is 1.38 bits per heavy atom. The second kappa shape index (κ2) is 7.71. The van der Waals surface area contributed by atoms with Gasteiger partial charge in [0.1, 0.15) is 5.75 Å². The van der Waals surface area contributed by atoms with Crippen molar-refractivity contribution in [1.29, 1.82) is 0 Å². The second-order valence-electron chi connectivity index (χ2n) is 5.52. The van der Waals surface area contributed by atoms with E-state index in [1.54, 1.807) is 7.11 Å². The van der Waals surface area contributed by atoms with Crippen molar-refractivity contribution >= 4 is 23.4 Å². The Labute approximate surface area is 131 Å². The number of nitrogens with one attached hydrogen (secondary N) is 1. The molecule has 1 amide bonds. The molecule has 1 aliphatic carbocycles. The van der Waals surface area contributed by atoms with Crippen LogP contribution >= 0.6 is 11.8 Å². The molecule has 1 aromatic carbocycles. The molecule has 0 bridgehead atoms. The molecule has 0 spiro atoms. The highest BCUT2D eigenvalue weighted by Gasteiger charge is 2.27. The Hall–Kier alpha value is -1.20. The molecule has 5 heteroatoms. The number of rotatable bonds is 6. The third-order valence-electron chi connectivity index (χ3n) is 4.08. The number of ether oxygens (including phenoxy) is 1. The van der Waals surface area contributed by atoms with Crippen molar-refractivity contribution in [3.05, 3.63) is 24.3 Å². The number of carbonyl (C=O) groups is 1. The van der Waals surface area contributed by atoms with Gasteiger partial charge in [-0.2, -0.15) is 11.8 Å². The molecule has 4 nitrogen and oxygen atoms in total. The van der Waals surface area contributed by atoms with Crippen molar-refractivity contribution in [3.8, 4) is 5.75 Å². The van der Waals surface area contributed by atoms with Gasteiger partial charge in [0, 0.05) is 17.0 Å². The first kappa shape index (κ1) is 16.2. The van der Waals surface area contributed by atoms with Gasteiger partial charge in [-0.25, -0.2) is 0 Å². The van der Waals surface area contributed by atoms with Crippen LogP contribution in [-0.4, -0.2) is 49.1 Å². The van der Waals surface area contributed by atoms with E-state index in [-0.39, 0.29) is 5.91 Å². The average molecular weight is 308 g/mol. The minimum Gasteiger partial charge on any atom is -0.497 e. The van der Waals surface area contributed by atoms with Crippen LogP contribution < -0.4 is 10.1 Å². The smallest absolute Gasteiger partial charge is 0.238 e. The standard InChI is InChI=1S/C16H24N2O2S/c1-18(13-6-9-15(10-13)21-3)11-16(19)17-12-4-7-14(20-2)8-5-12/h4-5,7-8,13,15H,6,9-11H2,1-3H3,(H,17,19)/t13-,15-/m1/s1. The largest absolute Gasteiger partial charge is 0.497 e. The molecule has 116 valence electrons. The van der Waals surface area contributed by atoms with Crippen LogP contribution in [-0.2, 0) is 4.79 Å². The maximum absolute atomic E-state index is 12.1. The van der Waals surface area contributed by atoms with Gasteiger partial charge in [0.05, 0.1) is 13.7 Å². The number of anilines is 1. The van der Waals surface area contributed by atoms with Crippen molar-refractivity contribution in [2.24, 2.45) is 0 Å². The third kappa shape index (κ3) is 4.64. The third-order valence-corrected chi connectivity index (χ3v) is 5.18. The molecule has 1 aromatic rings. The van der Waals surface area contributed by atoms with E-state index in [0.29, 0.717) is 12.6 Å². The molecule has 0 saturated heterocycles. The van der Waals surface area contributed by atoms with E-state index in [1.165, 1.54) is 19.3 Å². The number of carbonyl (C=O) groups excluding carboxylic acids is 1.